The number of urea groups is 1. The molecule has 1 aromatic rings. The normalized spacial score (nSPS) is 22.5. The van der Waals surface area contributed by atoms with E-state index in [0.717, 1.165) is 31.6 Å². The number of nitrogens with one attached hydrogen (secondary N) is 1. The first-order chi connectivity index (χ1) is 10.7. The highest BCUT2D eigenvalue weighted by molar-refractivity contribution is 5.90. The number of rotatable bonds is 2. The zero-order valence-corrected chi connectivity index (χ0v) is 13.0. The van der Waals surface area contributed by atoms with E-state index >= 15 is 0 Å². The van der Waals surface area contributed by atoms with E-state index in [1.54, 1.807) is 4.90 Å². The Morgan fingerprint density at radius 2 is 1.95 bits per heavy atom. The molecule has 120 valence electrons. The average molecular weight is 303 g/mol. The van der Waals surface area contributed by atoms with Gasteiger partial charge in [-0.3, -0.25) is 0 Å². The Morgan fingerprint density at radius 3 is 2.73 bits per heavy atom. The third kappa shape index (κ3) is 3.71. The minimum Gasteiger partial charge on any atom is -0.391 e. The molecule has 2 aliphatic rings. The van der Waals surface area contributed by atoms with Gasteiger partial charge in [0, 0.05) is 37.6 Å². The Morgan fingerprint density at radius 1 is 1.14 bits per heavy atom. The lowest BCUT2D eigenvalue weighted by Gasteiger charge is -2.31. The first-order valence-corrected chi connectivity index (χ1v) is 8.31. The van der Waals surface area contributed by atoms with E-state index < -0.39 is 0 Å². The Hall–Kier alpha value is -1.75. The molecule has 0 aromatic heterocycles. The van der Waals surface area contributed by atoms with Crippen LogP contribution in [0.2, 0.25) is 0 Å². The number of anilines is 2. The topological polar surface area (TPSA) is 55.8 Å². The van der Waals surface area contributed by atoms with Gasteiger partial charge < -0.3 is 20.2 Å². The van der Waals surface area contributed by atoms with Crippen molar-refractivity contribution in [3.63, 3.8) is 0 Å². The van der Waals surface area contributed by atoms with E-state index in [0.29, 0.717) is 13.1 Å². The maximum atomic E-state index is 12.3. The van der Waals surface area contributed by atoms with Crippen LogP contribution in [0, 0.1) is 0 Å². The van der Waals surface area contributed by atoms with Crippen molar-refractivity contribution in [1.82, 2.24) is 4.90 Å². The molecule has 2 heterocycles. The van der Waals surface area contributed by atoms with Gasteiger partial charge in [0.15, 0.2) is 0 Å². The molecule has 0 spiro atoms. The van der Waals surface area contributed by atoms with E-state index in [1.165, 1.54) is 24.9 Å². The highest BCUT2D eigenvalue weighted by Crippen LogP contribution is 2.23. The summed E-state index contributed by atoms with van der Waals surface area (Å²) >= 11 is 0. The highest BCUT2D eigenvalue weighted by atomic mass is 16.3. The van der Waals surface area contributed by atoms with Gasteiger partial charge in [0.2, 0.25) is 0 Å². The molecule has 2 fully saturated rings. The van der Waals surface area contributed by atoms with Crippen molar-refractivity contribution in [2.45, 2.75) is 38.2 Å². The molecule has 0 saturated carbocycles. The number of aliphatic hydroxyl groups excluding tert-OH is 1. The van der Waals surface area contributed by atoms with Crippen LogP contribution in [0.5, 0.6) is 0 Å². The van der Waals surface area contributed by atoms with Crippen molar-refractivity contribution >= 4 is 17.4 Å². The predicted molar refractivity (Wildman–Crippen MR) is 88.3 cm³/mol. The predicted octanol–water partition coefficient (Wildman–Crippen LogP) is 2.67. The SMILES string of the molecule is O=C(Nc1cccc(N2CCCCC2)c1)N1CCCC(O)C1. The van der Waals surface area contributed by atoms with Crippen LogP contribution in [0.15, 0.2) is 24.3 Å². The smallest absolute Gasteiger partial charge is 0.321 e. The van der Waals surface area contributed by atoms with E-state index in [-0.39, 0.29) is 12.1 Å². The second-order valence-corrected chi connectivity index (χ2v) is 6.27. The van der Waals surface area contributed by atoms with Crippen LogP contribution in [0.25, 0.3) is 0 Å². The minimum atomic E-state index is -0.390. The summed E-state index contributed by atoms with van der Waals surface area (Å²) in [5.41, 5.74) is 2.00. The number of amides is 2. The monoisotopic (exact) mass is 303 g/mol. The molecule has 5 heteroatoms. The molecule has 1 atom stereocenters. The van der Waals surface area contributed by atoms with Gasteiger partial charge in [-0.05, 0) is 50.3 Å². The first-order valence-electron chi connectivity index (χ1n) is 8.31. The first kappa shape index (κ1) is 15.2. The van der Waals surface area contributed by atoms with E-state index in [1.807, 2.05) is 18.2 Å². The molecule has 2 amide bonds. The maximum Gasteiger partial charge on any atom is 0.321 e. The Labute approximate surface area is 131 Å². The van der Waals surface area contributed by atoms with Crippen molar-refractivity contribution in [3.8, 4) is 0 Å². The Bertz CT molecular complexity index is 514. The molecule has 22 heavy (non-hydrogen) atoms. The van der Waals surface area contributed by atoms with Crippen molar-refractivity contribution < 1.29 is 9.90 Å². The molecule has 1 unspecified atom stereocenters. The molecular weight excluding hydrogens is 278 g/mol. The molecule has 0 radical (unpaired) electrons. The maximum absolute atomic E-state index is 12.3. The number of carbonyl (C=O) groups is 1. The zero-order chi connectivity index (χ0) is 15.4. The molecule has 0 bridgehead atoms. The van der Waals surface area contributed by atoms with Gasteiger partial charge in [-0.25, -0.2) is 4.79 Å². The van der Waals surface area contributed by atoms with Gasteiger partial charge in [-0.15, -0.1) is 0 Å². The molecule has 2 aliphatic heterocycles. The standard InChI is InChI=1S/C17H25N3O2/c21-16-8-5-11-20(13-16)17(22)18-14-6-4-7-15(12-14)19-9-2-1-3-10-19/h4,6-7,12,16,21H,1-3,5,8-11,13H2,(H,18,22). The summed E-state index contributed by atoms with van der Waals surface area (Å²) in [6.07, 6.45) is 5.05. The van der Waals surface area contributed by atoms with Crippen LogP contribution >= 0.6 is 0 Å². The van der Waals surface area contributed by atoms with Crippen LogP contribution < -0.4 is 10.2 Å². The number of benzene rings is 1. The van der Waals surface area contributed by atoms with Gasteiger partial charge in [0.25, 0.3) is 0 Å². The van der Waals surface area contributed by atoms with Crippen molar-refractivity contribution in [1.29, 1.82) is 0 Å². The van der Waals surface area contributed by atoms with Gasteiger partial charge in [0.1, 0.15) is 0 Å². The molecular formula is C17H25N3O2. The minimum absolute atomic E-state index is 0.116. The fourth-order valence-corrected chi connectivity index (χ4v) is 3.27. The van der Waals surface area contributed by atoms with Crippen LogP contribution in [-0.2, 0) is 0 Å². The zero-order valence-electron chi connectivity index (χ0n) is 13.0. The summed E-state index contributed by atoms with van der Waals surface area (Å²) in [6.45, 7) is 3.33. The summed E-state index contributed by atoms with van der Waals surface area (Å²) < 4.78 is 0. The number of aliphatic hydroxyl groups is 1. The quantitative estimate of drug-likeness (QED) is 0.883. The van der Waals surface area contributed by atoms with Crippen LogP contribution in [0.1, 0.15) is 32.1 Å². The molecule has 1 aromatic carbocycles. The number of hydrogen-bond acceptors (Lipinski definition) is 3. The second kappa shape index (κ2) is 7.01. The van der Waals surface area contributed by atoms with Crippen LogP contribution in [0.4, 0.5) is 16.2 Å². The third-order valence-electron chi connectivity index (χ3n) is 4.50. The highest BCUT2D eigenvalue weighted by Gasteiger charge is 2.22. The summed E-state index contributed by atoms with van der Waals surface area (Å²) in [5.74, 6) is 0. The average Bonchev–Trinajstić information content (AvgIpc) is 2.56. The van der Waals surface area contributed by atoms with Crippen LogP contribution in [0.3, 0.4) is 0 Å². The summed E-state index contributed by atoms with van der Waals surface area (Å²) in [7, 11) is 0. The van der Waals surface area contributed by atoms with Crippen molar-refractivity contribution in [2.75, 3.05) is 36.4 Å². The van der Waals surface area contributed by atoms with Gasteiger partial charge >= 0.3 is 6.03 Å². The van der Waals surface area contributed by atoms with Gasteiger partial charge in [-0.2, -0.15) is 0 Å². The fourth-order valence-electron chi connectivity index (χ4n) is 3.27. The number of β-amino-alcohol motifs (C(OH)–C–C–N with tert-alkyl or cyclic N) is 1. The lowest BCUT2D eigenvalue weighted by atomic mass is 10.1. The second-order valence-electron chi connectivity index (χ2n) is 6.27. The van der Waals surface area contributed by atoms with E-state index in [9.17, 15) is 9.90 Å². The van der Waals surface area contributed by atoms with E-state index in [4.69, 9.17) is 0 Å². The number of piperidine rings is 2. The number of likely N-dealkylation sites (tertiary alicyclic amines) is 1. The summed E-state index contributed by atoms with van der Waals surface area (Å²) in [5, 5.41) is 12.6. The van der Waals surface area contributed by atoms with Crippen molar-refractivity contribution in [3.05, 3.63) is 24.3 Å². The lowest BCUT2D eigenvalue weighted by Crippen LogP contribution is -2.44. The third-order valence-corrected chi connectivity index (χ3v) is 4.50. The molecule has 2 N–H and O–H groups in total. The molecule has 3 rings (SSSR count). The molecule has 5 nitrogen and oxygen atoms in total. The Balaban J connectivity index is 1.63. The summed E-state index contributed by atoms with van der Waals surface area (Å²) in [6, 6.07) is 7.94. The number of nitrogens with zero attached hydrogens (tertiary/aromatic N) is 2. The van der Waals surface area contributed by atoms with Crippen LogP contribution in [-0.4, -0.2) is 48.3 Å². The number of carbonyl (C=O) groups excluding carboxylic acids is 1. The fraction of sp³-hybridized carbons (Fsp3) is 0.588. The van der Waals surface area contributed by atoms with Crippen molar-refractivity contribution in [2.24, 2.45) is 0 Å². The lowest BCUT2D eigenvalue weighted by molar-refractivity contribution is 0.0883. The van der Waals surface area contributed by atoms with E-state index in [2.05, 4.69) is 16.3 Å². The number of hydrogen-bond donors (Lipinski definition) is 2. The Kier molecular flexibility index (Phi) is 4.83. The summed E-state index contributed by atoms with van der Waals surface area (Å²) in [4.78, 5) is 16.4. The van der Waals surface area contributed by atoms with Gasteiger partial charge in [-0.1, -0.05) is 6.07 Å². The molecule has 2 saturated heterocycles. The largest absolute Gasteiger partial charge is 0.391 e. The molecule has 0 aliphatic carbocycles. The van der Waals surface area contributed by atoms with Gasteiger partial charge in [0.05, 0.1) is 6.10 Å².